The second-order valence-electron chi connectivity index (χ2n) is 9.72. The average Bonchev–Trinajstić information content (AvgIpc) is 3.37. The van der Waals surface area contributed by atoms with Crippen LogP contribution in [0.15, 0.2) is 36.4 Å². The van der Waals surface area contributed by atoms with E-state index in [1.165, 1.54) is 12.1 Å². The third-order valence-corrected chi connectivity index (χ3v) is 9.23. The fourth-order valence-electron chi connectivity index (χ4n) is 4.78. The minimum atomic E-state index is -3.71. The molecule has 2 aromatic rings. The molecule has 2 aromatic carbocycles. The van der Waals surface area contributed by atoms with Gasteiger partial charge in [-0.1, -0.05) is 72.2 Å². The average molecular weight is 637 g/mol. The van der Waals surface area contributed by atoms with E-state index in [-0.39, 0.29) is 54.5 Å². The highest BCUT2D eigenvalue weighted by atomic mass is 35.5. The van der Waals surface area contributed by atoms with Crippen molar-refractivity contribution in [2.24, 2.45) is 0 Å². The Morgan fingerprint density at radius 2 is 1.67 bits per heavy atom. The molecular weight excluding hydrogens is 604 g/mol. The number of hydrogen-bond donors (Lipinski definition) is 1. The third-order valence-electron chi connectivity index (χ3n) is 6.75. The highest BCUT2D eigenvalue weighted by molar-refractivity contribution is 7.92. The number of nitrogens with zero attached hydrogens (tertiary/aromatic N) is 2. The predicted molar refractivity (Wildman–Crippen MR) is 159 cm³/mol. The lowest BCUT2D eigenvalue weighted by atomic mass is 10.1. The van der Waals surface area contributed by atoms with Crippen LogP contribution in [0.2, 0.25) is 20.1 Å². The van der Waals surface area contributed by atoms with Crippen LogP contribution < -0.4 is 9.62 Å². The summed E-state index contributed by atoms with van der Waals surface area (Å²) >= 11 is 24.6. The number of halogens is 4. The number of carbonyl (C=O) groups excluding carboxylic acids is 2. The van der Waals surface area contributed by atoms with Crippen LogP contribution in [0, 0.1) is 0 Å². The molecule has 1 aliphatic carbocycles. The van der Waals surface area contributed by atoms with E-state index in [9.17, 15) is 18.0 Å². The number of nitrogens with one attached hydrogen (secondary N) is 1. The van der Waals surface area contributed by atoms with Crippen molar-refractivity contribution in [1.29, 1.82) is 0 Å². The lowest BCUT2D eigenvalue weighted by molar-refractivity contribution is -0.141. The molecule has 0 bridgehead atoms. The van der Waals surface area contributed by atoms with Gasteiger partial charge in [-0.15, -0.1) is 0 Å². The summed E-state index contributed by atoms with van der Waals surface area (Å²) in [6.07, 6.45) is 5.70. The Morgan fingerprint density at radius 1 is 1.00 bits per heavy atom. The van der Waals surface area contributed by atoms with Crippen molar-refractivity contribution in [2.45, 2.75) is 70.5 Å². The summed E-state index contributed by atoms with van der Waals surface area (Å²) in [5, 5.41) is 4.42. The topological polar surface area (TPSA) is 86.8 Å². The molecule has 7 nitrogen and oxygen atoms in total. The van der Waals surface area contributed by atoms with E-state index in [4.69, 9.17) is 46.4 Å². The molecule has 1 N–H and O–H groups in total. The van der Waals surface area contributed by atoms with Crippen LogP contribution in [0.1, 0.15) is 57.4 Å². The highest BCUT2D eigenvalue weighted by Crippen LogP contribution is 2.31. The number of rotatable bonds is 12. The molecule has 1 fully saturated rings. The Bertz CT molecular complexity index is 1290. The van der Waals surface area contributed by atoms with Crippen LogP contribution in [0.25, 0.3) is 0 Å². The SMILES string of the molecule is CCC(C(=O)NC1CCCC1)N(Cc1ccc(Cl)c(Cl)c1)C(=O)CCCN(c1cc(Cl)ccc1Cl)S(C)(=O)=O. The first-order chi connectivity index (χ1) is 18.4. The Balaban J connectivity index is 1.80. The summed E-state index contributed by atoms with van der Waals surface area (Å²) in [7, 11) is -3.71. The first-order valence-electron chi connectivity index (χ1n) is 12.9. The maximum Gasteiger partial charge on any atom is 0.243 e. The molecule has 3 rings (SSSR count). The lowest BCUT2D eigenvalue weighted by Crippen LogP contribution is -2.51. The summed E-state index contributed by atoms with van der Waals surface area (Å²) in [6, 6.07) is 9.08. The quantitative estimate of drug-likeness (QED) is 0.280. The zero-order chi connectivity index (χ0) is 28.7. The van der Waals surface area contributed by atoms with Gasteiger partial charge in [-0.05, 0) is 61.6 Å². The maximum atomic E-state index is 13.6. The number of sulfonamides is 1. The van der Waals surface area contributed by atoms with Gasteiger partial charge in [-0.25, -0.2) is 8.42 Å². The Kier molecular flexibility index (Phi) is 11.6. The summed E-state index contributed by atoms with van der Waals surface area (Å²) < 4.78 is 26.3. The van der Waals surface area contributed by atoms with E-state index in [1.54, 1.807) is 29.2 Å². The fraction of sp³-hybridized carbons (Fsp3) is 0.481. The first-order valence-corrected chi connectivity index (χ1v) is 16.2. The Hall–Kier alpha value is -1.71. The minimum Gasteiger partial charge on any atom is -0.352 e. The van der Waals surface area contributed by atoms with Crippen molar-refractivity contribution in [3.63, 3.8) is 0 Å². The summed E-state index contributed by atoms with van der Waals surface area (Å²) in [6.45, 7) is 2.03. The molecule has 1 atom stereocenters. The van der Waals surface area contributed by atoms with Gasteiger partial charge < -0.3 is 10.2 Å². The largest absolute Gasteiger partial charge is 0.352 e. The number of anilines is 1. The van der Waals surface area contributed by atoms with Crippen molar-refractivity contribution in [1.82, 2.24) is 10.2 Å². The molecule has 12 heteroatoms. The van der Waals surface area contributed by atoms with Gasteiger partial charge >= 0.3 is 0 Å². The van der Waals surface area contributed by atoms with Crippen LogP contribution in [0.4, 0.5) is 5.69 Å². The zero-order valence-corrected chi connectivity index (χ0v) is 25.8. The van der Waals surface area contributed by atoms with E-state index >= 15 is 0 Å². The van der Waals surface area contributed by atoms with Gasteiger partial charge in [0.1, 0.15) is 6.04 Å². The van der Waals surface area contributed by atoms with E-state index in [0.717, 1.165) is 41.8 Å². The second kappa shape index (κ2) is 14.3. The second-order valence-corrected chi connectivity index (χ2v) is 13.3. The first kappa shape index (κ1) is 31.8. The van der Waals surface area contributed by atoms with Crippen LogP contribution >= 0.6 is 46.4 Å². The van der Waals surface area contributed by atoms with Crippen LogP contribution in [-0.4, -0.2) is 50.0 Å². The molecule has 1 saturated carbocycles. The fourth-order valence-corrected chi connectivity index (χ4v) is 6.51. The van der Waals surface area contributed by atoms with Gasteiger partial charge in [0.05, 0.1) is 27.0 Å². The van der Waals surface area contributed by atoms with Crippen molar-refractivity contribution in [3.05, 3.63) is 62.1 Å². The highest BCUT2D eigenvalue weighted by Gasteiger charge is 2.31. The van der Waals surface area contributed by atoms with E-state index in [0.29, 0.717) is 21.5 Å². The zero-order valence-electron chi connectivity index (χ0n) is 21.9. The monoisotopic (exact) mass is 635 g/mol. The summed E-state index contributed by atoms with van der Waals surface area (Å²) in [5.74, 6) is -0.471. The van der Waals surface area contributed by atoms with E-state index in [2.05, 4.69) is 5.32 Å². The Morgan fingerprint density at radius 3 is 2.28 bits per heavy atom. The predicted octanol–water partition coefficient (Wildman–Crippen LogP) is 6.71. The Labute approximate surface area is 250 Å². The van der Waals surface area contributed by atoms with Gasteiger partial charge in [-0.3, -0.25) is 13.9 Å². The minimum absolute atomic E-state index is 0.0102. The van der Waals surface area contributed by atoms with Crippen molar-refractivity contribution >= 4 is 73.9 Å². The number of amides is 2. The van der Waals surface area contributed by atoms with Crippen molar-refractivity contribution in [3.8, 4) is 0 Å². The third kappa shape index (κ3) is 8.89. The van der Waals surface area contributed by atoms with Crippen LogP contribution in [-0.2, 0) is 26.2 Å². The molecule has 0 aromatic heterocycles. The molecule has 1 unspecified atom stereocenters. The van der Waals surface area contributed by atoms with Crippen LogP contribution in [0.3, 0.4) is 0 Å². The molecule has 2 amide bonds. The number of carbonyl (C=O) groups is 2. The molecule has 39 heavy (non-hydrogen) atoms. The van der Waals surface area contributed by atoms with Gasteiger partial charge in [0, 0.05) is 30.6 Å². The maximum absolute atomic E-state index is 13.6. The van der Waals surface area contributed by atoms with Crippen molar-refractivity contribution < 1.29 is 18.0 Å². The summed E-state index contributed by atoms with van der Waals surface area (Å²) in [5.41, 5.74) is 0.975. The normalized spacial score (nSPS) is 14.7. The number of benzene rings is 2. The van der Waals surface area contributed by atoms with Crippen LogP contribution in [0.5, 0.6) is 0 Å². The molecule has 214 valence electrons. The summed E-state index contributed by atoms with van der Waals surface area (Å²) in [4.78, 5) is 28.4. The molecule has 0 heterocycles. The molecule has 0 saturated heterocycles. The smallest absolute Gasteiger partial charge is 0.243 e. The molecule has 0 radical (unpaired) electrons. The molecule has 0 spiro atoms. The van der Waals surface area contributed by atoms with Gasteiger partial charge in [0.15, 0.2) is 0 Å². The standard InChI is InChI=1S/C27H33Cl4N3O4S/c1-3-24(27(36)32-20-7-4-5-8-20)33(17-18-10-12-21(29)23(31)15-18)26(35)9-6-14-34(39(2,37)38)25-16-19(28)11-13-22(25)30/h10-13,15-16,20,24H,3-9,14,17H2,1-2H3,(H,32,36). The van der Waals surface area contributed by atoms with E-state index < -0.39 is 16.1 Å². The molecule has 0 aliphatic heterocycles. The van der Waals surface area contributed by atoms with Gasteiger partial charge in [0.2, 0.25) is 21.8 Å². The molecule has 1 aliphatic rings. The number of hydrogen-bond acceptors (Lipinski definition) is 4. The van der Waals surface area contributed by atoms with Gasteiger partial charge in [0.25, 0.3) is 0 Å². The lowest BCUT2D eigenvalue weighted by Gasteiger charge is -2.32. The molecular formula is C27H33Cl4N3O4S. The van der Waals surface area contributed by atoms with E-state index in [1.807, 2.05) is 6.92 Å². The van der Waals surface area contributed by atoms with Gasteiger partial charge in [-0.2, -0.15) is 0 Å². The van der Waals surface area contributed by atoms with Crippen molar-refractivity contribution in [2.75, 3.05) is 17.1 Å².